The average Bonchev–Trinajstić information content (AvgIpc) is 3.25. The molecular weight excluding hydrogens is 236 g/mol. The van der Waals surface area contributed by atoms with Gasteiger partial charge in [-0.3, -0.25) is 4.90 Å². The van der Waals surface area contributed by atoms with Crippen molar-refractivity contribution in [2.75, 3.05) is 26.2 Å². The van der Waals surface area contributed by atoms with Crippen LogP contribution < -0.4 is 5.32 Å². The van der Waals surface area contributed by atoms with E-state index in [1.807, 2.05) is 0 Å². The highest BCUT2D eigenvalue weighted by atomic mass is 16.5. The molecular formula is C16H32N2O. The van der Waals surface area contributed by atoms with Gasteiger partial charge in [0.15, 0.2) is 0 Å². The van der Waals surface area contributed by atoms with Crippen LogP contribution in [0.2, 0.25) is 0 Å². The van der Waals surface area contributed by atoms with Crippen molar-refractivity contribution in [1.82, 2.24) is 10.2 Å². The maximum atomic E-state index is 5.92. The van der Waals surface area contributed by atoms with Gasteiger partial charge in [-0.1, -0.05) is 6.92 Å². The second-order valence-corrected chi connectivity index (χ2v) is 6.35. The van der Waals surface area contributed by atoms with Crippen molar-refractivity contribution in [3.8, 4) is 0 Å². The van der Waals surface area contributed by atoms with Gasteiger partial charge in [-0.05, 0) is 65.0 Å². The number of nitrogens with one attached hydrogen (secondary N) is 1. The minimum Gasteiger partial charge on any atom is -0.377 e. The fraction of sp³-hybridized carbons (Fsp3) is 1.00. The first-order chi connectivity index (χ1) is 9.29. The smallest absolute Gasteiger partial charge is 0.0702 e. The quantitative estimate of drug-likeness (QED) is 0.651. The summed E-state index contributed by atoms with van der Waals surface area (Å²) in [5, 5.41) is 3.61. The van der Waals surface area contributed by atoms with Gasteiger partial charge in [-0.15, -0.1) is 0 Å². The Balaban J connectivity index is 1.58. The summed E-state index contributed by atoms with van der Waals surface area (Å²) in [4.78, 5) is 2.64. The molecule has 2 unspecified atom stereocenters. The van der Waals surface area contributed by atoms with E-state index in [1.165, 1.54) is 51.6 Å². The molecule has 2 aliphatic rings. The SMILES string of the molecule is CCCOC1CCCN(C(C)CCCNC2CC2)C1. The van der Waals surface area contributed by atoms with E-state index in [9.17, 15) is 0 Å². The molecule has 2 atom stereocenters. The Hall–Kier alpha value is -0.120. The zero-order valence-electron chi connectivity index (χ0n) is 12.9. The Kier molecular flexibility index (Phi) is 6.62. The minimum absolute atomic E-state index is 0.487. The van der Waals surface area contributed by atoms with Crippen LogP contribution in [0.5, 0.6) is 0 Å². The van der Waals surface area contributed by atoms with Crippen LogP contribution in [0, 0.1) is 0 Å². The minimum atomic E-state index is 0.487. The van der Waals surface area contributed by atoms with Gasteiger partial charge in [0.1, 0.15) is 0 Å². The zero-order chi connectivity index (χ0) is 13.5. The van der Waals surface area contributed by atoms with Gasteiger partial charge in [0.2, 0.25) is 0 Å². The molecule has 0 amide bonds. The standard InChI is InChI=1S/C16H32N2O/c1-3-12-19-16-7-5-11-18(13-16)14(2)6-4-10-17-15-8-9-15/h14-17H,3-13H2,1-2H3. The summed E-state index contributed by atoms with van der Waals surface area (Å²) in [6, 6.07) is 1.58. The maximum Gasteiger partial charge on any atom is 0.0702 e. The molecule has 1 aliphatic heterocycles. The fourth-order valence-electron chi connectivity index (χ4n) is 2.96. The van der Waals surface area contributed by atoms with Crippen molar-refractivity contribution in [3.63, 3.8) is 0 Å². The molecule has 0 aromatic carbocycles. The van der Waals surface area contributed by atoms with Crippen molar-refractivity contribution in [2.24, 2.45) is 0 Å². The van der Waals surface area contributed by atoms with Crippen molar-refractivity contribution >= 4 is 0 Å². The van der Waals surface area contributed by atoms with Crippen LogP contribution in [0.4, 0.5) is 0 Å². The van der Waals surface area contributed by atoms with Crippen LogP contribution in [0.1, 0.15) is 58.8 Å². The molecule has 2 rings (SSSR count). The second kappa shape index (κ2) is 8.23. The summed E-state index contributed by atoms with van der Waals surface area (Å²) in [7, 11) is 0. The predicted molar refractivity (Wildman–Crippen MR) is 80.6 cm³/mol. The number of ether oxygens (including phenoxy) is 1. The lowest BCUT2D eigenvalue weighted by atomic mass is 10.0. The average molecular weight is 268 g/mol. The largest absolute Gasteiger partial charge is 0.377 e. The van der Waals surface area contributed by atoms with E-state index in [1.54, 1.807) is 0 Å². The van der Waals surface area contributed by atoms with Gasteiger partial charge in [0.25, 0.3) is 0 Å². The molecule has 1 saturated heterocycles. The second-order valence-electron chi connectivity index (χ2n) is 6.35. The summed E-state index contributed by atoms with van der Waals surface area (Å²) < 4.78 is 5.92. The van der Waals surface area contributed by atoms with Gasteiger partial charge in [0.05, 0.1) is 6.10 Å². The Labute approximate surface area is 119 Å². The summed E-state index contributed by atoms with van der Waals surface area (Å²) in [6.45, 7) is 9.13. The lowest BCUT2D eigenvalue weighted by Crippen LogP contribution is -2.44. The van der Waals surface area contributed by atoms with Gasteiger partial charge in [-0.25, -0.2) is 0 Å². The van der Waals surface area contributed by atoms with Crippen LogP contribution in [-0.2, 0) is 4.74 Å². The van der Waals surface area contributed by atoms with E-state index in [4.69, 9.17) is 4.74 Å². The first-order valence-electron chi connectivity index (χ1n) is 8.38. The van der Waals surface area contributed by atoms with Crippen LogP contribution in [0.3, 0.4) is 0 Å². The zero-order valence-corrected chi connectivity index (χ0v) is 12.9. The molecule has 0 aromatic heterocycles. The van der Waals surface area contributed by atoms with Crippen molar-refractivity contribution in [3.05, 3.63) is 0 Å². The van der Waals surface area contributed by atoms with Crippen LogP contribution >= 0.6 is 0 Å². The Morgan fingerprint density at radius 1 is 1.32 bits per heavy atom. The third kappa shape index (κ3) is 5.80. The first-order valence-corrected chi connectivity index (χ1v) is 8.38. The molecule has 1 N–H and O–H groups in total. The number of hydrogen-bond donors (Lipinski definition) is 1. The van der Waals surface area contributed by atoms with E-state index >= 15 is 0 Å². The number of piperidine rings is 1. The molecule has 2 fully saturated rings. The van der Waals surface area contributed by atoms with Crippen molar-refractivity contribution in [1.29, 1.82) is 0 Å². The summed E-state index contributed by atoms with van der Waals surface area (Å²) in [5.74, 6) is 0. The maximum absolute atomic E-state index is 5.92. The predicted octanol–water partition coefficient (Wildman–Crippen LogP) is 2.80. The lowest BCUT2D eigenvalue weighted by molar-refractivity contribution is -0.0114. The highest BCUT2D eigenvalue weighted by molar-refractivity contribution is 4.81. The summed E-state index contributed by atoms with van der Waals surface area (Å²) in [6.07, 6.45) is 9.62. The third-order valence-electron chi connectivity index (χ3n) is 4.40. The van der Waals surface area contributed by atoms with Gasteiger partial charge in [0, 0.05) is 25.2 Å². The Bertz CT molecular complexity index is 243. The number of likely N-dealkylation sites (tertiary alicyclic amines) is 1. The lowest BCUT2D eigenvalue weighted by Gasteiger charge is -2.36. The first kappa shape index (κ1) is 15.3. The summed E-state index contributed by atoms with van der Waals surface area (Å²) in [5.41, 5.74) is 0. The molecule has 0 aromatic rings. The van der Waals surface area contributed by atoms with E-state index in [2.05, 4.69) is 24.1 Å². The van der Waals surface area contributed by atoms with E-state index in [0.29, 0.717) is 12.1 Å². The Morgan fingerprint density at radius 3 is 2.89 bits per heavy atom. The van der Waals surface area contributed by atoms with E-state index < -0.39 is 0 Å². The normalized spacial score (nSPS) is 26.5. The fourth-order valence-corrected chi connectivity index (χ4v) is 2.96. The summed E-state index contributed by atoms with van der Waals surface area (Å²) >= 11 is 0. The molecule has 3 heteroatoms. The Morgan fingerprint density at radius 2 is 2.16 bits per heavy atom. The van der Waals surface area contributed by atoms with Crippen molar-refractivity contribution in [2.45, 2.75) is 77.0 Å². The topological polar surface area (TPSA) is 24.5 Å². The van der Waals surface area contributed by atoms with E-state index in [0.717, 1.165) is 25.6 Å². The number of hydrogen-bond acceptors (Lipinski definition) is 3. The van der Waals surface area contributed by atoms with Crippen LogP contribution in [0.15, 0.2) is 0 Å². The molecule has 1 heterocycles. The molecule has 0 bridgehead atoms. The van der Waals surface area contributed by atoms with Gasteiger partial charge < -0.3 is 10.1 Å². The third-order valence-corrected chi connectivity index (χ3v) is 4.40. The molecule has 112 valence electrons. The molecule has 1 saturated carbocycles. The number of nitrogens with zero attached hydrogens (tertiary/aromatic N) is 1. The van der Waals surface area contributed by atoms with Crippen LogP contribution in [0.25, 0.3) is 0 Å². The van der Waals surface area contributed by atoms with Crippen molar-refractivity contribution < 1.29 is 4.74 Å². The molecule has 1 aliphatic carbocycles. The molecule has 19 heavy (non-hydrogen) atoms. The van der Waals surface area contributed by atoms with Gasteiger partial charge in [-0.2, -0.15) is 0 Å². The monoisotopic (exact) mass is 268 g/mol. The highest BCUT2D eigenvalue weighted by Gasteiger charge is 2.24. The van der Waals surface area contributed by atoms with E-state index in [-0.39, 0.29) is 0 Å². The number of rotatable bonds is 9. The molecule has 0 spiro atoms. The molecule has 0 radical (unpaired) electrons. The van der Waals surface area contributed by atoms with Crippen LogP contribution in [-0.4, -0.2) is 49.3 Å². The highest BCUT2D eigenvalue weighted by Crippen LogP contribution is 2.20. The van der Waals surface area contributed by atoms with Gasteiger partial charge >= 0.3 is 0 Å². The molecule has 3 nitrogen and oxygen atoms in total.